The van der Waals surface area contributed by atoms with Crippen molar-refractivity contribution < 1.29 is 4.79 Å². The Morgan fingerprint density at radius 2 is 1.95 bits per heavy atom. The average molecular weight is 287 g/mol. The second-order valence-electron chi connectivity index (χ2n) is 7.42. The van der Waals surface area contributed by atoms with Crippen molar-refractivity contribution >= 4 is 5.78 Å². The van der Waals surface area contributed by atoms with Crippen LogP contribution in [-0.2, 0) is 0 Å². The lowest BCUT2D eigenvalue weighted by molar-refractivity contribution is 0.0925. The van der Waals surface area contributed by atoms with Gasteiger partial charge < -0.3 is 4.90 Å². The van der Waals surface area contributed by atoms with Crippen LogP contribution in [0.5, 0.6) is 0 Å². The number of carbonyl (C=O) groups is 1. The molecule has 0 heterocycles. The first-order valence-corrected chi connectivity index (χ1v) is 8.17. The molecular weight excluding hydrogens is 258 g/mol. The minimum atomic E-state index is 0.265. The Hall–Kier alpha value is -1.15. The summed E-state index contributed by atoms with van der Waals surface area (Å²) < 4.78 is 0. The molecule has 1 aromatic rings. The van der Waals surface area contributed by atoms with E-state index in [1.165, 1.54) is 25.7 Å². The average Bonchev–Trinajstić information content (AvgIpc) is 2.44. The number of nitrogens with zero attached hydrogens (tertiary/aromatic N) is 1. The van der Waals surface area contributed by atoms with Gasteiger partial charge in [0, 0.05) is 24.6 Å². The minimum Gasteiger partial charge on any atom is -0.303 e. The van der Waals surface area contributed by atoms with Crippen LogP contribution in [0.25, 0.3) is 0 Å². The Labute approximate surface area is 129 Å². The molecular formula is C19H29NO. The fourth-order valence-corrected chi connectivity index (χ4v) is 3.25. The van der Waals surface area contributed by atoms with Crippen LogP contribution in [0.15, 0.2) is 24.3 Å². The molecule has 0 bridgehead atoms. The summed E-state index contributed by atoms with van der Waals surface area (Å²) >= 11 is 0. The normalized spacial score (nSPS) is 18.9. The molecule has 0 amide bonds. The molecule has 2 rings (SSSR count). The van der Waals surface area contributed by atoms with Crippen molar-refractivity contribution in [3.63, 3.8) is 0 Å². The van der Waals surface area contributed by atoms with E-state index in [-0.39, 0.29) is 5.78 Å². The summed E-state index contributed by atoms with van der Waals surface area (Å²) in [5.41, 5.74) is 2.52. The van der Waals surface area contributed by atoms with Crippen LogP contribution in [0.1, 0.15) is 61.9 Å². The van der Waals surface area contributed by atoms with Gasteiger partial charge in [-0.25, -0.2) is 0 Å². The maximum absolute atomic E-state index is 12.3. The molecule has 2 heteroatoms. The molecule has 0 radical (unpaired) electrons. The van der Waals surface area contributed by atoms with Crippen molar-refractivity contribution in [3.8, 4) is 0 Å². The lowest BCUT2D eigenvalue weighted by atomic mass is 9.75. The summed E-state index contributed by atoms with van der Waals surface area (Å²) in [5.74, 6) is 0.265. The molecule has 1 saturated carbocycles. The standard InChI is InChI=1S/C19H29NO/c1-15-6-5-7-16(14-15)18(21)10-13-20(4)17-8-11-19(2,3)12-9-17/h5-7,14,17H,8-13H2,1-4H3. The molecule has 1 aromatic carbocycles. The molecule has 21 heavy (non-hydrogen) atoms. The zero-order valence-electron chi connectivity index (χ0n) is 14.0. The van der Waals surface area contributed by atoms with E-state index in [9.17, 15) is 4.79 Å². The number of rotatable bonds is 5. The largest absolute Gasteiger partial charge is 0.303 e. The van der Waals surface area contributed by atoms with Gasteiger partial charge in [0.05, 0.1) is 0 Å². The summed E-state index contributed by atoms with van der Waals surface area (Å²) in [5, 5.41) is 0. The van der Waals surface area contributed by atoms with Gasteiger partial charge in [-0.1, -0.05) is 37.6 Å². The third-order valence-electron chi connectivity index (χ3n) is 4.96. The minimum absolute atomic E-state index is 0.265. The summed E-state index contributed by atoms with van der Waals surface area (Å²) in [4.78, 5) is 14.7. The van der Waals surface area contributed by atoms with E-state index in [2.05, 4.69) is 25.8 Å². The van der Waals surface area contributed by atoms with Gasteiger partial charge in [-0.3, -0.25) is 4.79 Å². The van der Waals surface area contributed by atoms with Crippen LogP contribution < -0.4 is 0 Å². The highest BCUT2D eigenvalue weighted by Crippen LogP contribution is 2.36. The number of aryl methyl sites for hydroxylation is 1. The zero-order chi connectivity index (χ0) is 15.5. The molecule has 0 aromatic heterocycles. The Morgan fingerprint density at radius 1 is 1.29 bits per heavy atom. The van der Waals surface area contributed by atoms with Gasteiger partial charge in [-0.05, 0) is 51.1 Å². The number of benzene rings is 1. The predicted octanol–water partition coefficient (Wildman–Crippen LogP) is 4.47. The zero-order valence-corrected chi connectivity index (χ0v) is 14.0. The monoisotopic (exact) mass is 287 g/mol. The summed E-state index contributed by atoms with van der Waals surface area (Å²) in [6, 6.07) is 8.58. The molecule has 116 valence electrons. The van der Waals surface area contributed by atoms with Crippen molar-refractivity contribution in [1.29, 1.82) is 0 Å². The SMILES string of the molecule is Cc1cccc(C(=O)CCN(C)C2CCC(C)(C)CC2)c1. The fraction of sp³-hybridized carbons (Fsp3) is 0.632. The molecule has 1 aliphatic carbocycles. The Kier molecular flexibility index (Phi) is 5.21. The van der Waals surface area contributed by atoms with E-state index in [1.807, 2.05) is 31.2 Å². The van der Waals surface area contributed by atoms with Crippen LogP contribution in [-0.4, -0.2) is 30.3 Å². The maximum atomic E-state index is 12.3. The number of ketones is 1. The highest BCUT2D eigenvalue weighted by atomic mass is 16.1. The highest BCUT2D eigenvalue weighted by molar-refractivity contribution is 5.96. The molecule has 0 aliphatic heterocycles. The lowest BCUT2D eigenvalue weighted by Gasteiger charge is -2.38. The first kappa shape index (κ1) is 16.2. The van der Waals surface area contributed by atoms with Crippen molar-refractivity contribution in [2.24, 2.45) is 5.41 Å². The van der Waals surface area contributed by atoms with Crippen LogP contribution >= 0.6 is 0 Å². The van der Waals surface area contributed by atoms with E-state index in [0.717, 1.165) is 17.7 Å². The molecule has 0 N–H and O–H groups in total. The third-order valence-corrected chi connectivity index (χ3v) is 4.96. The van der Waals surface area contributed by atoms with E-state index in [4.69, 9.17) is 0 Å². The quantitative estimate of drug-likeness (QED) is 0.745. The second kappa shape index (κ2) is 6.74. The van der Waals surface area contributed by atoms with Gasteiger partial charge in [0.25, 0.3) is 0 Å². The first-order valence-electron chi connectivity index (χ1n) is 8.17. The van der Waals surface area contributed by atoms with Crippen molar-refractivity contribution in [2.45, 2.75) is 58.9 Å². The second-order valence-corrected chi connectivity index (χ2v) is 7.42. The topological polar surface area (TPSA) is 20.3 Å². The van der Waals surface area contributed by atoms with Gasteiger partial charge in [-0.15, -0.1) is 0 Å². The van der Waals surface area contributed by atoms with Crippen molar-refractivity contribution in [3.05, 3.63) is 35.4 Å². The lowest BCUT2D eigenvalue weighted by Crippen LogP contribution is -2.38. The smallest absolute Gasteiger partial charge is 0.164 e. The maximum Gasteiger partial charge on any atom is 0.164 e. The summed E-state index contributed by atoms with van der Waals surface area (Å²) in [6.07, 6.45) is 5.76. The number of hydrogen-bond donors (Lipinski definition) is 0. The third kappa shape index (κ3) is 4.67. The predicted molar refractivity (Wildman–Crippen MR) is 88.8 cm³/mol. The van der Waals surface area contributed by atoms with E-state index in [0.29, 0.717) is 17.9 Å². The molecule has 0 saturated heterocycles. The van der Waals surface area contributed by atoms with E-state index >= 15 is 0 Å². The van der Waals surface area contributed by atoms with Crippen LogP contribution in [0, 0.1) is 12.3 Å². The molecule has 2 nitrogen and oxygen atoms in total. The van der Waals surface area contributed by atoms with Gasteiger partial charge in [0.2, 0.25) is 0 Å². The number of carbonyl (C=O) groups excluding carboxylic acids is 1. The molecule has 0 atom stereocenters. The molecule has 1 aliphatic rings. The van der Waals surface area contributed by atoms with Gasteiger partial charge in [0.15, 0.2) is 5.78 Å². The Balaban J connectivity index is 1.81. The van der Waals surface area contributed by atoms with Gasteiger partial charge in [-0.2, -0.15) is 0 Å². The fourth-order valence-electron chi connectivity index (χ4n) is 3.25. The van der Waals surface area contributed by atoms with Gasteiger partial charge in [0.1, 0.15) is 0 Å². The van der Waals surface area contributed by atoms with E-state index in [1.54, 1.807) is 0 Å². The Morgan fingerprint density at radius 3 is 2.57 bits per heavy atom. The Bertz CT molecular complexity index is 482. The van der Waals surface area contributed by atoms with E-state index < -0.39 is 0 Å². The van der Waals surface area contributed by atoms with Crippen LogP contribution in [0.3, 0.4) is 0 Å². The molecule has 1 fully saturated rings. The van der Waals surface area contributed by atoms with Crippen molar-refractivity contribution in [2.75, 3.05) is 13.6 Å². The van der Waals surface area contributed by atoms with Gasteiger partial charge >= 0.3 is 0 Å². The molecule has 0 spiro atoms. The van der Waals surface area contributed by atoms with Crippen LogP contribution in [0.2, 0.25) is 0 Å². The summed E-state index contributed by atoms with van der Waals surface area (Å²) in [6.45, 7) is 7.64. The number of Topliss-reactive ketones (excluding diaryl/α,β-unsaturated/α-hetero) is 1. The van der Waals surface area contributed by atoms with Crippen LogP contribution in [0.4, 0.5) is 0 Å². The first-order chi connectivity index (χ1) is 9.87. The summed E-state index contributed by atoms with van der Waals surface area (Å²) in [7, 11) is 2.17. The highest BCUT2D eigenvalue weighted by Gasteiger charge is 2.28. The number of hydrogen-bond acceptors (Lipinski definition) is 2. The molecule has 0 unspecified atom stereocenters. The van der Waals surface area contributed by atoms with Crippen molar-refractivity contribution in [1.82, 2.24) is 4.90 Å².